The Kier molecular flexibility index (Phi) is 3.64. The maximum absolute atomic E-state index is 12.8. The van der Waals surface area contributed by atoms with Crippen LogP contribution < -0.4 is 5.32 Å². The van der Waals surface area contributed by atoms with E-state index in [1.807, 2.05) is 55.6 Å². The lowest BCUT2D eigenvalue weighted by molar-refractivity contribution is 0.102. The fraction of sp³-hybridized carbons (Fsp3) is 0.105. The monoisotopic (exact) mass is 372 g/mol. The third-order valence-electron chi connectivity index (χ3n) is 4.51. The summed E-state index contributed by atoms with van der Waals surface area (Å²) in [4.78, 5) is 17.2. The number of anilines is 1. The molecule has 0 fully saturated rings. The van der Waals surface area contributed by atoms with E-state index >= 15 is 0 Å². The minimum absolute atomic E-state index is 0.234. The number of imidazole rings is 1. The zero-order valence-electron chi connectivity index (χ0n) is 15.0. The van der Waals surface area contributed by atoms with E-state index in [2.05, 4.69) is 25.7 Å². The molecule has 9 nitrogen and oxygen atoms in total. The SMILES string of the molecule is Cc1nc2ccccn2c1C(=O)Nc1cnn(Cn2nnc3ccccc32)c1. The highest BCUT2D eigenvalue weighted by molar-refractivity contribution is 6.04. The molecule has 0 aliphatic rings. The lowest BCUT2D eigenvalue weighted by Gasteiger charge is -2.04. The molecule has 9 heteroatoms. The first-order valence-electron chi connectivity index (χ1n) is 8.75. The standard InChI is InChI=1S/C19H16N8O/c1-13-18(26-9-5-4-8-17(26)21-13)19(28)22-14-10-20-25(11-14)12-27-16-7-3-2-6-15(16)23-24-27/h2-11H,12H2,1H3,(H,22,28). The molecule has 0 aliphatic carbocycles. The summed E-state index contributed by atoms with van der Waals surface area (Å²) < 4.78 is 5.22. The summed E-state index contributed by atoms with van der Waals surface area (Å²) in [5, 5.41) is 15.5. The smallest absolute Gasteiger partial charge is 0.274 e. The molecule has 1 N–H and O–H groups in total. The third kappa shape index (κ3) is 2.69. The molecule has 4 aromatic heterocycles. The highest BCUT2D eigenvalue weighted by Crippen LogP contribution is 2.15. The van der Waals surface area contributed by atoms with Crippen molar-refractivity contribution in [3.63, 3.8) is 0 Å². The number of carbonyl (C=O) groups is 1. The van der Waals surface area contributed by atoms with Gasteiger partial charge in [0.2, 0.25) is 0 Å². The summed E-state index contributed by atoms with van der Waals surface area (Å²) in [6.07, 6.45) is 5.19. The van der Waals surface area contributed by atoms with Gasteiger partial charge in [0.25, 0.3) is 5.91 Å². The molecule has 0 bridgehead atoms. The van der Waals surface area contributed by atoms with Crippen LogP contribution in [0.2, 0.25) is 0 Å². The topological polar surface area (TPSA) is 94.9 Å². The summed E-state index contributed by atoms with van der Waals surface area (Å²) in [7, 11) is 0. The third-order valence-corrected chi connectivity index (χ3v) is 4.51. The molecular formula is C19H16N8O. The summed E-state index contributed by atoms with van der Waals surface area (Å²) in [6.45, 7) is 2.21. The van der Waals surface area contributed by atoms with Gasteiger partial charge in [-0.25, -0.2) is 14.3 Å². The van der Waals surface area contributed by atoms with Crippen molar-refractivity contribution in [2.75, 3.05) is 5.32 Å². The molecule has 0 aliphatic heterocycles. The van der Waals surface area contributed by atoms with Crippen molar-refractivity contribution in [3.05, 3.63) is 72.4 Å². The molecule has 5 rings (SSSR count). The number of amides is 1. The zero-order chi connectivity index (χ0) is 19.1. The molecule has 0 atom stereocenters. The van der Waals surface area contributed by atoms with Crippen LogP contribution in [0.4, 0.5) is 5.69 Å². The van der Waals surface area contributed by atoms with Crippen LogP contribution in [0.3, 0.4) is 0 Å². The Hall–Kier alpha value is -4.01. The maximum Gasteiger partial charge on any atom is 0.274 e. The number of carbonyl (C=O) groups excluding carboxylic acids is 1. The number of pyridine rings is 1. The van der Waals surface area contributed by atoms with Gasteiger partial charge < -0.3 is 5.32 Å². The Labute approximate surface area is 159 Å². The number of hydrogen-bond donors (Lipinski definition) is 1. The van der Waals surface area contributed by atoms with Gasteiger partial charge in [-0.1, -0.05) is 23.4 Å². The lowest BCUT2D eigenvalue weighted by atomic mass is 10.3. The molecule has 0 radical (unpaired) electrons. The Balaban J connectivity index is 1.38. The normalized spacial score (nSPS) is 11.3. The van der Waals surface area contributed by atoms with Crippen LogP contribution in [0.5, 0.6) is 0 Å². The van der Waals surface area contributed by atoms with Crippen molar-refractivity contribution in [2.24, 2.45) is 0 Å². The molecule has 0 spiro atoms. The Morgan fingerprint density at radius 1 is 1.14 bits per heavy atom. The summed E-state index contributed by atoms with van der Waals surface area (Å²) in [5.74, 6) is -0.234. The molecule has 0 unspecified atom stereocenters. The van der Waals surface area contributed by atoms with Gasteiger partial charge in [0, 0.05) is 6.20 Å². The first-order valence-corrected chi connectivity index (χ1v) is 8.75. The lowest BCUT2D eigenvalue weighted by Crippen LogP contribution is -2.15. The number of benzene rings is 1. The highest BCUT2D eigenvalue weighted by Gasteiger charge is 2.17. The number of rotatable bonds is 4. The second-order valence-electron chi connectivity index (χ2n) is 6.42. The van der Waals surface area contributed by atoms with Gasteiger partial charge in [-0.05, 0) is 31.2 Å². The van der Waals surface area contributed by atoms with Crippen LogP contribution in [0.25, 0.3) is 16.7 Å². The van der Waals surface area contributed by atoms with Crippen LogP contribution in [0, 0.1) is 6.92 Å². The number of aryl methyl sites for hydroxylation is 1. The number of para-hydroxylation sites is 1. The number of fused-ring (bicyclic) bond motifs is 2. The van der Waals surface area contributed by atoms with E-state index in [-0.39, 0.29) is 5.91 Å². The number of nitrogens with one attached hydrogen (secondary N) is 1. The molecule has 1 amide bonds. The van der Waals surface area contributed by atoms with Crippen molar-refractivity contribution in [2.45, 2.75) is 13.6 Å². The second kappa shape index (κ2) is 6.31. The quantitative estimate of drug-likeness (QED) is 0.522. The van der Waals surface area contributed by atoms with E-state index in [1.54, 1.807) is 26.2 Å². The van der Waals surface area contributed by atoms with Crippen molar-refractivity contribution in [3.8, 4) is 0 Å². The molecule has 4 heterocycles. The molecular weight excluding hydrogens is 356 g/mol. The molecule has 1 aromatic carbocycles. The minimum Gasteiger partial charge on any atom is -0.318 e. The van der Waals surface area contributed by atoms with E-state index in [0.717, 1.165) is 16.7 Å². The minimum atomic E-state index is -0.234. The van der Waals surface area contributed by atoms with E-state index in [0.29, 0.717) is 23.7 Å². The number of nitrogens with zero attached hydrogens (tertiary/aromatic N) is 7. The Morgan fingerprint density at radius 3 is 2.93 bits per heavy atom. The second-order valence-corrected chi connectivity index (χ2v) is 6.42. The van der Waals surface area contributed by atoms with Crippen LogP contribution in [-0.2, 0) is 6.67 Å². The first kappa shape index (κ1) is 16.2. The van der Waals surface area contributed by atoms with E-state index in [4.69, 9.17) is 0 Å². The van der Waals surface area contributed by atoms with Crippen molar-refractivity contribution in [1.82, 2.24) is 34.2 Å². The molecule has 0 saturated heterocycles. The molecule has 0 saturated carbocycles. The number of aromatic nitrogens is 7. The van der Waals surface area contributed by atoms with Crippen molar-refractivity contribution < 1.29 is 4.79 Å². The maximum atomic E-state index is 12.8. The van der Waals surface area contributed by atoms with Crippen molar-refractivity contribution >= 4 is 28.3 Å². The summed E-state index contributed by atoms with van der Waals surface area (Å²) >= 11 is 0. The highest BCUT2D eigenvalue weighted by atomic mass is 16.2. The van der Waals surface area contributed by atoms with Gasteiger partial charge in [0.1, 0.15) is 23.5 Å². The fourth-order valence-corrected chi connectivity index (χ4v) is 3.24. The summed E-state index contributed by atoms with van der Waals surface area (Å²) in [6, 6.07) is 13.3. The van der Waals surface area contributed by atoms with Gasteiger partial charge >= 0.3 is 0 Å². The largest absolute Gasteiger partial charge is 0.318 e. The predicted molar refractivity (Wildman–Crippen MR) is 103 cm³/mol. The Morgan fingerprint density at radius 2 is 2.00 bits per heavy atom. The van der Waals surface area contributed by atoms with E-state index < -0.39 is 0 Å². The van der Waals surface area contributed by atoms with Crippen LogP contribution in [0.1, 0.15) is 16.2 Å². The van der Waals surface area contributed by atoms with Gasteiger partial charge in [0.15, 0.2) is 0 Å². The van der Waals surface area contributed by atoms with E-state index in [1.165, 1.54) is 0 Å². The Bertz CT molecular complexity index is 1310. The molecule has 5 aromatic rings. The molecule has 138 valence electrons. The van der Waals surface area contributed by atoms with Gasteiger partial charge in [-0.2, -0.15) is 5.10 Å². The van der Waals surface area contributed by atoms with Gasteiger partial charge in [0.05, 0.1) is 29.3 Å². The number of hydrogen-bond acceptors (Lipinski definition) is 5. The van der Waals surface area contributed by atoms with E-state index in [9.17, 15) is 4.79 Å². The van der Waals surface area contributed by atoms with Crippen LogP contribution in [-0.4, -0.2) is 40.1 Å². The fourth-order valence-electron chi connectivity index (χ4n) is 3.24. The average molecular weight is 372 g/mol. The zero-order valence-corrected chi connectivity index (χ0v) is 15.0. The predicted octanol–water partition coefficient (Wildman–Crippen LogP) is 2.34. The van der Waals surface area contributed by atoms with Crippen LogP contribution in [0.15, 0.2) is 61.1 Å². The summed E-state index contributed by atoms with van der Waals surface area (Å²) in [5.41, 5.74) is 4.26. The molecule has 28 heavy (non-hydrogen) atoms. The van der Waals surface area contributed by atoms with Crippen LogP contribution >= 0.6 is 0 Å². The first-order chi connectivity index (χ1) is 13.7. The van der Waals surface area contributed by atoms with Gasteiger partial charge in [-0.3, -0.25) is 9.20 Å². The van der Waals surface area contributed by atoms with Gasteiger partial charge in [-0.15, -0.1) is 5.10 Å². The van der Waals surface area contributed by atoms with Crippen molar-refractivity contribution in [1.29, 1.82) is 0 Å². The average Bonchev–Trinajstić information content (AvgIpc) is 3.39.